The largest absolute Gasteiger partial charge is 0.358 e. The molecule has 0 radical (unpaired) electrons. The van der Waals surface area contributed by atoms with Crippen LogP contribution in [0.2, 0.25) is 0 Å². The van der Waals surface area contributed by atoms with Gasteiger partial charge >= 0.3 is 0 Å². The molecule has 6 heteroatoms. The van der Waals surface area contributed by atoms with Crippen molar-refractivity contribution in [2.45, 2.75) is 49.6 Å². The van der Waals surface area contributed by atoms with Gasteiger partial charge in [0.1, 0.15) is 5.82 Å². The smallest absolute Gasteiger partial charge is 0.192 e. The zero-order chi connectivity index (χ0) is 18.3. The Labute approximate surface area is 156 Å². The number of ketones is 1. The van der Waals surface area contributed by atoms with E-state index in [1.165, 1.54) is 24.6 Å². The average Bonchev–Trinajstić information content (AvgIpc) is 3.32. The minimum absolute atomic E-state index is 0.117. The number of Topliss-reactive ketones (excluding diaryl/α,β-unsaturated/α-hetero) is 1. The summed E-state index contributed by atoms with van der Waals surface area (Å²) in [5, 5.41) is 10.3. The number of H-pyrrole nitrogens is 1. The molecule has 134 valence electrons. The van der Waals surface area contributed by atoms with Gasteiger partial charge < -0.3 is 9.55 Å². The van der Waals surface area contributed by atoms with E-state index in [9.17, 15) is 4.79 Å². The maximum Gasteiger partial charge on any atom is 0.192 e. The van der Waals surface area contributed by atoms with Crippen molar-refractivity contribution in [1.82, 2.24) is 19.7 Å². The maximum absolute atomic E-state index is 13.1. The number of aromatic amines is 1. The molecule has 1 N–H and O–H groups in total. The van der Waals surface area contributed by atoms with Crippen molar-refractivity contribution in [3.05, 3.63) is 54.0 Å². The molecule has 0 spiro atoms. The van der Waals surface area contributed by atoms with E-state index in [1.54, 1.807) is 0 Å². The second kappa shape index (κ2) is 6.76. The molecular formula is C20H22N4OS. The molecule has 1 atom stereocenters. The fraction of sp³-hybridized carbons (Fsp3) is 0.350. The van der Waals surface area contributed by atoms with Crippen molar-refractivity contribution >= 4 is 28.4 Å². The topological polar surface area (TPSA) is 63.6 Å². The first-order chi connectivity index (χ1) is 12.6. The normalized spacial score (nSPS) is 15.3. The summed E-state index contributed by atoms with van der Waals surface area (Å²) in [6.07, 6.45) is 4.20. The van der Waals surface area contributed by atoms with Crippen LogP contribution in [0.1, 0.15) is 47.6 Å². The third-order valence-electron chi connectivity index (χ3n) is 4.79. The van der Waals surface area contributed by atoms with E-state index in [2.05, 4.69) is 26.3 Å². The zero-order valence-electron chi connectivity index (χ0n) is 15.0. The fourth-order valence-corrected chi connectivity index (χ4v) is 4.26. The van der Waals surface area contributed by atoms with Crippen molar-refractivity contribution in [3.8, 4) is 0 Å². The third-order valence-corrected chi connectivity index (χ3v) is 5.87. The van der Waals surface area contributed by atoms with E-state index in [-0.39, 0.29) is 11.0 Å². The Kier molecular flexibility index (Phi) is 4.44. The summed E-state index contributed by atoms with van der Waals surface area (Å²) in [5.74, 6) is 1.65. The van der Waals surface area contributed by atoms with Gasteiger partial charge in [-0.1, -0.05) is 36.0 Å². The van der Waals surface area contributed by atoms with Gasteiger partial charge in [-0.15, -0.1) is 16.8 Å². The number of nitrogens with one attached hydrogen (secondary N) is 1. The first kappa shape index (κ1) is 17.1. The predicted molar refractivity (Wildman–Crippen MR) is 105 cm³/mol. The molecule has 1 unspecified atom stereocenters. The second-order valence-electron chi connectivity index (χ2n) is 6.81. The molecule has 5 nitrogen and oxygen atoms in total. The molecule has 1 aliphatic rings. The standard InChI is InChI=1S/C20H22N4OS/c1-4-11-24-19(14-9-10-14)22-23-20(24)26-13(3)18(25)17-12(2)21-16-8-6-5-7-15(16)17/h4-8,13-14,21H,1,9-11H2,2-3H3. The van der Waals surface area contributed by atoms with Gasteiger partial charge in [0.05, 0.1) is 5.25 Å². The SMILES string of the molecule is C=CCn1c(SC(C)C(=O)c2c(C)[nH]c3ccccc23)nnc1C1CC1. The first-order valence-electron chi connectivity index (χ1n) is 8.92. The predicted octanol–water partition coefficient (Wildman–Crippen LogP) is 4.49. The van der Waals surface area contributed by atoms with Crippen molar-refractivity contribution in [3.63, 3.8) is 0 Å². The summed E-state index contributed by atoms with van der Waals surface area (Å²) in [6, 6.07) is 7.93. The number of carbonyl (C=O) groups is 1. The monoisotopic (exact) mass is 366 g/mol. The number of allylic oxidation sites excluding steroid dienone is 1. The molecule has 1 saturated carbocycles. The Morgan fingerprint density at radius 3 is 2.92 bits per heavy atom. The van der Waals surface area contributed by atoms with E-state index < -0.39 is 0 Å². The van der Waals surface area contributed by atoms with Gasteiger partial charge in [-0.05, 0) is 32.8 Å². The Balaban J connectivity index is 1.62. The highest BCUT2D eigenvalue weighted by atomic mass is 32.2. The lowest BCUT2D eigenvalue weighted by Crippen LogP contribution is -2.15. The van der Waals surface area contributed by atoms with Crippen LogP contribution in [0, 0.1) is 6.92 Å². The van der Waals surface area contributed by atoms with Gasteiger partial charge in [0.25, 0.3) is 0 Å². The molecule has 2 aromatic heterocycles. The number of thioether (sulfide) groups is 1. The minimum Gasteiger partial charge on any atom is -0.358 e. The zero-order valence-corrected chi connectivity index (χ0v) is 15.8. The summed E-state index contributed by atoms with van der Waals surface area (Å²) in [4.78, 5) is 16.5. The molecule has 0 bridgehead atoms. The number of carbonyl (C=O) groups excluding carboxylic acids is 1. The fourth-order valence-electron chi connectivity index (χ4n) is 3.34. The van der Waals surface area contributed by atoms with Crippen LogP contribution >= 0.6 is 11.8 Å². The molecule has 1 fully saturated rings. The third kappa shape index (κ3) is 2.98. The van der Waals surface area contributed by atoms with Crippen molar-refractivity contribution < 1.29 is 4.79 Å². The number of rotatable bonds is 7. The Bertz CT molecular complexity index is 983. The van der Waals surface area contributed by atoms with Crippen LogP contribution in [0.15, 0.2) is 42.1 Å². The molecule has 2 heterocycles. The lowest BCUT2D eigenvalue weighted by Gasteiger charge is -2.12. The molecule has 3 aromatic rings. The van der Waals surface area contributed by atoms with Crippen LogP contribution in [-0.4, -0.2) is 30.8 Å². The number of para-hydroxylation sites is 1. The van der Waals surface area contributed by atoms with Gasteiger partial charge in [-0.2, -0.15) is 0 Å². The van der Waals surface area contributed by atoms with Crippen LogP contribution in [0.4, 0.5) is 0 Å². The number of hydrogen-bond acceptors (Lipinski definition) is 4. The van der Waals surface area contributed by atoms with Crippen LogP contribution in [0.5, 0.6) is 0 Å². The lowest BCUT2D eigenvalue weighted by atomic mass is 10.1. The van der Waals surface area contributed by atoms with E-state index >= 15 is 0 Å². The van der Waals surface area contributed by atoms with Gasteiger partial charge in [0.15, 0.2) is 10.9 Å². The second-order valence-corrected chi connectivity index (χ2v) is 8.12. The highest BCUT2D eigenvalue weighted by molar-refractivity contribution is 8.00. The molecule has 0 saturated heterocycles. The summed E-state index contributed by atoms with van der Waals surface area (Å²) >= 11 is 1.48. The van der Waals surface area contributed by atoms with E-state index in [0.29, 0.717) is 12.5 Å². The maximum atomic E-state index is 13.1. The van der Waals surface area contributed by atoms with Gasteiger partial charge in [0, 0.05) is 34.6 Å². The molecule has 4 rings (SSSR count). The molecule has 0 aliphatic heterocycles. The van der Waals surface area contributed by atoms with E-state index in [4.69, 9.17) is 0 Å². The van der Waals surface area contributed by atoms with Crippen LogP contribution in [0.3, 0.4) is 0 Å². The molecule has 1 aliphatic carbocycles. The minimum atomic E-state index is -0.243. The number of fused-ring (bicyclic) bond motifs is 1. The van der Waals surface area contributed by atoms with Crippen molar-refractivity contribution in [2.75, 3.05) is 0 Å². The van der Waals surface area contributed by atoms with Gasteiger partial charge in [-0.25, -0.2) is 0 Å². The van der Waals surface area contributed by atoms with Crippen LogP contribution in [0.25, 0.3) is 10.9 Å². The van der Waals surface area contributed by atoms with Gasteiger partial charge in [0.2, 0.25) is 0 Å². The highest BCUT2D eigenvalue weighted by Gasteiger charge is 2.31. The molecule has 1 aromatic carbocycles. The van der Waals surface area contributed by atoms with Crippen molar-refractivity contribution in [1.29, 1.82) is 0 Å². The molecule has 0 amide bonds. The summed E-state index contributed by atoms with van der Waals surface area (Å²) in [7, 11) is 0. The first-order valence-corrected chi connectivity index (χ1v) is 9.80. The highest BCUT2D eigenvalue weighted by Crippen LogP contribution is 2.40. The Morgan fingerprint density at radius 1 is 1.42 bits per heavy atom. The average molecular weight is 366 g/mol. The van der Waals surface area contributed by atoms with Crippen LogP contribution < -0.4 is 0 Å². The molecular weight excluding hydrogens is 344 g/mol. The number of aromatic nitrogens is 4. The number of hydrogen-bond donors (Lipinski definition) is 1. The summed E-state index contributed by atoms with van der Waals surface area (Å²) in [5.41, 5.74) is 2.68. The number of nitrogens with zero attached hydrogens (tertiary/aromatic N) is 3. The van der Waals surface area contributed by atoms with Gasteiger partial charge in [-0.3, -0.25) is 4.79 Å². The Morgan fingerprint density at radius 2 is 2.19 bits per heavy atom. The van der Waals surface area contributed by atoms with E-state index in [0.717, 1.165) is 33.1 Å². The van der Waals surface area contributed by atoms with Crippen LogP contribution in [-0.2, 0) is 6.54 Å². The number of aryl methyl sites for hydroxylation is 1. The lowest BCUT2D eigenvalue weighted by molar-refractivity contribution is 0.0995. The quantitative estimate of drug-likeness (QED) is 0.380. The molecule has 26 heavy (non-hydrogen) atoms. The van der Waals surface area contributed by atoms with E-state index in [1.807, 2.05) is 44.2 Å². The van der Waals surface area contributed by atoms with Crippen molar-refractivity contribution in [2.24, 2.45) is 0 Å². The summed E-state index contributed by atoms with van der Waals surface area (Å²) < 4.78 is 2.10. The number of benzene rings is 1. The Hall–Kier alpha value is -2.34. The summed E-state index contributed by atoms with van der Waals surface area (Å²) in [6.45, 7) is 8.41.